The van der Waals surface area contributed by atoms with E-state index in [2.05, 4.69) is 58.7 Å². The van der Waals surface area contributed by atoms with Crippen molar-refractivity contribution in [2.45, 2.75) is 13.8 Å². The number of hydrogen-bond acceptors (Lipinski definition) is 3. The molecule has 0 fully saturated rings. The van der Waals surface area contributed by atoms with Crippen molar-refractivity contribution in [1.82, 2.24) is 10.1 Å². The Bertz CT molecular complexity index is 428. The SMILES string of the molecule is Cc1cc(-c2ncon2)cc(C)c1I. The fraction of sp³-hybridized carbons (Fsp3) is 0.200. The van der Waals surface area contributed by atoms with E-state index < -0.39 is 0 Å². The predicted molar refractivity (Wildman–Crippen MR) is 61.9 cm³/mol. The molecule has 1 aromatic carbocycles. The summed E-state index contributed by atoms with van der Waals surface area (Å²) >= 11 is 2.34. The lowest BCUT2D eigenvalue weighted by molar-refractivity contribution is 0.419. The van der Waals surface area contributed by atoms with Gasteiger partial charge in [0, 0.05) is 9.13 Å². The van der Waals surface area contributed by atoms with Crippen LogP contribution in [0.5, 0.6) is 0 Å². The number of rotatable bonds is 1. The van der Waals surface area contributed by atoms with E-state index in [0.29, 0.717) is 5.82 Å². The maximum Gasteiger partial charge on any atom is 0.214 e. The minimum atomic E-state index is 0.646. The van der Waals surface area contributed by atoms with Crippen molar-refractivity contribution in [3.05, 3.63) is 33.2 Å². The molecule has 0 N–H and O–H groups in total. The average Bonchev–Trinajstić information content (AvgIpc) is 2.66. The normalized spacial score (nSPS) is 10.5. The lowest BCUT2D eigenvalue weighted by atomic mass is 10.1. The van der Waals surface area contributed by atoms with Gasteiger partial charge in [0.15, 0.2) is 0 Å². The van der Waals surface area contributed by atoms with Gasteiger partial charge in [-0.2, -0.15) is 4.98 Å². The predicted octanol–water partition coefficient (Wildman–Crippen LogP) is 2.96. The van der Waals surface area contributed by atoms with Crippen LogP contribution in [-0.2, 0) is 0 Å². The van der Waals surface area contributed by atoms with Gasteiger partial charge < -0.3 is 4.52 Å². The van der Waals surface area contributed by atoms with E-state index in [1.165, 1.54) is 21.1 Å². The van der Waals surface area contributed by atoms with Crippen molar-refractivity contribution in [3.63, 3.8) is 0 Å². The van der Waals surface area contributed by atoms with Crippen LogP contribution in [0.3, 0.4) is 0 Å². The number of halogens is 1. The monoisotopic (exact) mass is 300 g/mol. The Morgan fingerprint density at radius 2 is 1.86 bits per heavy atom. The molecule has 3 nitrogen and oxygen atoms in total. The third kappa shape index (κ3) is 1.66. The first kappa shape index (κ1) is 9.64. The third-order valence-corrected chi connectivity index (χ3v) is 3.76. The van der Waals surface area contributed by atoms with Crippen molar-refractivity contribution in [3.8, 4) is 11.4 Å². The first-order valence-corrected chi connectivity index (χ1v) is 5.30. The highest BCUT2D eigenvalue weighted by Gasteiger charge is 2.07. The van der Waals surface area contributed by atoms with E-state index in [1.54, 1.807) is 0 Å². The minimum Gasteiger partial charge on any atom is -0.342 e. The zero-order chi connectivity index (χ0) is 10.1. The third-order valence-electron chi connectivity index (χ3n) is 2.06. The van der Waals surface area contributed by atoms with Crippen LogP contribution in [0, 0.1) is 17.4 Å². The summed E-state index contributed by atoms with van der Waals surface area (Å²) in [5, 5.41) is 3.81. The highest BCUT2D eigenvalue weighted by atomic mass is 127. The Kier molecular flexibility index (Phi) is 2.54. The first-order chi connectivity index (χ1) is 6.68. The number of aromatic nitrogens is 2. The molecule has 72 valence electrons. The second-order valence-corrected chi connectivity index (χ2v) is 4.26. The van der Waals surface area contributed by atoms with Crippen LogP contribution >= 0.6 is 22.6 Å². The number of aryl methyl sites for hydroxylation is 2. The molecule has 1 heterocycles. The maximum atomic E-state index is 4.72. The average molecular weight is 300 g/mol. The molecule has 14 heavy (non-hydrogen) atoms. The fourth-order valence-corrected chi connectivity index (χ4v) is 1.68. The van der Waals surface area contributed by atoms with E-state index in [1.807, 2.05) is 0 Å². The van der Waals surface area contributed by atoms with Crippen LogP contribution in [0.1, 0.15) is 11.1 Å². The highest BCUT2D eigenvalue weighted by Crippen LogP contribution is 2.23. The van der Waals surface area contributed by atoms with Crippen molar-refractivity contribution < 1.29 is 4.52 Å². The molecular formula is C10H9IN2O. The smallest absolute Gasteiger partial charge is 0.214 e. The second-order valence-electron chi connectivity index (χ2n) is 3.18. The molecule has 0 aliphatic heterocycles. The van der Waals surface area contributed by atoms with Crippen molar-refractivity contribution in [2.24, 2.45) is 0 Å². The van der Waals surface area contributed by atoms with Gasteiger partial charge in [0.25, 0.3) is 0 Å². The van der Waals surface area contributed by atoms with Crippen LogP contribution in [0.25, 0.3) is 11.4 Å². The second kappa shape index (κ2) is 3.68. The summed E-state index contributed by atoms with van der Waals surface area (Å²) in [6.45, 7) is 4.16. The van der Waals surface area contributed by atoms with E-state index in [4.69, 9.17) is 4.52 Å². The van der Waals surface area contributed by atoms with Crippen LogP contribution in [0.15, 0.2) is 23.0 Å². The van der Waals surface area contributed by atoms with Crippen molar-refractivity contribution >= 4 is 22.6 Å². The summed E-state index contributed by atoms with van der Waals surface area (Å²) < 4.78 is 6.00. The Labute approximate surface area is 95.7 Å². The molecule has 2 rings (SSSR count). The summed E-state index contributed by atoms with van der Waals surface area (Å²) in [6, 6.07) is 4.14. The van der Waals surface area contributed by atoms with Gasteiger partial charge in [-0.15, -0.1) is 0 Å². The molecule has 0 amide bonds. The topological polar surface area (TPSA) is 38.9 Å². The van der Waals surface area contributed by atoms with Crippen molar-refractivity contribution in [2.75, 3.05) is 0 Å². The number of benzene rings is 1. The van der Waals surface area contributed by atoms with E-state index >= 15 is 0 Å². The van der Waals surface area contributed by atoms with Gasteiger partial charge in [0.05, 0.1) is 0 Å². The highest BCUT2D eigenvalue weighted by molar-refractivity contribution is 14.1. The standard InChI is InChI=1S/C10H9IN2O/c1-6-3-8(4-7(2)9(6)11)10-12-5-14-13-10/h3-5H,1-2H3. The van der Waals surface area contributed by atoms with Gasteiger partial charge in [-0.1, -0.05) is 5.16 Å². The molecule has 0 aliphatic rings. The molecule has 0 unspecified atom stereocenters. The largest absolute Gasteiger partial charge is 0.342 e. The molecule has 2 aromatic rings. The zero-order valence-electron chi connectivity index (χ0n) is 7.91. The van der Waals surface area contributed by atoms with Crippen LogP contribution in [-0.4, -0.2) is 10.1 Å². The molecule has 4 heteroatoms. The van der Waals surface area contributed by atoms with E-state index in [-0.39, 0.29) is 0 Å². The maximum absolute atomic E-state index is 4.72. The molecule has 0 saturated carbocycles. The van der Waals surface area contributed by atoms with E-state index in [0.717, 1.165) is 5.56 Å². The number of nitrogens with zero attached hydrogens (tertiary/aromatic N) is 2. The number of hydrogen-bond donors (Lipinski definition) is 0. The van der Waals surface area contributed by atoms with E-state index in [9.17, 15) is 0 Å². The van der Waals surface area contributed by atoms with Crippen LogP contribution in [0.2, 0.25) is 0 Å². The summed E-state index contributed by atoms with van der Waals surface area (Å²) in [5.74, 6) is 0.646. The molecule has 0 saturated heterocycles. The van der Waals surface area contributed by atoms with Gasteiger partial charge in [-0.25, -0.2) is 0 Å². The Hall–Kier alpha value is -0.910. The molecule has 0 bridgehead atoms. The fourth-order valence-electron chi connectivity index (χ4n) is 1.37. The Balaban J connectivity index is 2.57. The zero-order valence-corrected chi connectivity index (χ0v) is 10.1. The lowest BCUT2D eigenvalue weighted by Crippen LogP contribution is -1.89. The summed E-state index contributed by atoms with van der Waals surface area (Å²) in [6.07, 6.45) is 1.35. The molecule has 1 aromatic heterocycles. The van der Waals surface area contributed by atoms with Crippen LogP contribution in [0.4, 0.5) is 0 Å². The van der Waals surface area contributed by atoms with Crippen LogP contribution < -0.4 is 0 Å². The summed E-state index contributed by atoms with van der Waals surface area (Å²) in [5.41, 5.74) is 3.49. The van der Waals surface area contributed by atoms with Gasteiger partial charge in [-0.05, 0) is 59.7 Å². The first-order valence-electron chi connectivity index (χ1n) is 4.22. The molecule has 0 radical (unpaired) electrons. The van der Waals surface area contributed by atoms with Gasteiger partial charge >= 0.3 is 0 Å². The summed E-state index contributed by atoms with van der Waals surface area (Å²) in [4.78, 5) is 4.02. The Morgan fingerprint density at radius 3 is 2.36 bits per heavy atom. The van der Waals surface area contributed by atoms with Gasteiger partial charge in [0.2, 0.25) is 12.2 Å². The minimum absolute atomic E-state index is 0.646. The van der Waals surface area contributed by atoms with Gasteiger partial charge in [0.1, 0.15) is 0 Å². The summed E-state index contributed by atoms with van der Waals surface area (Å²) in [7, 11) is 0. The Morgan fingerprint density at radius 1 is 1.21 bits per heavy atom. The lowest BCUT2D eigenvalue weighted by Gasteiger charge is -2.04. The molecular weight excluding hydrogens is 291 g/mol. The molecule has 0 atom stereocenters. The van der Waals surface area contributed by atoms with Crippen molar-refractivity contribution in [1.29, 1.82) is 0 Å². The molecule has 0 aliphatic carbocycles. The van der Waals surface area contributed by atoms with Gasteiger partial charge in [-0.3, -0.25) is 0 Å². The molecule has 0 spiro atoms. The quantitative estimate of drug-likeness (QED) is 0.760.